The third-order valence-corrected chi connectivity index (χ3v) is 5.10. The Hall–Kier alpha value is -4.01. The highest BCUT2D eigenvalue weighted by atomic mass is 16.6. The SMILES string of the molecule is C/C(=N/NC(=O)c1ccccc1[N+](=O)[O-])c1c(C)[nH]n(-c2ccc(C(C)(C)C)cc2)c1=O. The normalized spacial score (nSPS) is 12.0. The molecule has 0 aliphatic heterocycles. The van der Waals surface area contributed by atoms with E-state index in [0.29, 0.717) is 16.9 Å². The van der Waals surface area contributed by atoms with Crippen LogP contribution in [-0.4, -0.2) is 26.3 Å². The summed E-state index contributed by atoms with van der Waals surface area (Å²) in [7, 11) is 0. The Morgan fingerprint density at radius 3 is 2.34 bits per heavy atom. The molecule has 9 nitrogen and oxygen atoms in total. The summed E-state index contributed by atoms with van der Waals surface area (Å²) in [5.41, 5.74) is 4.54. The van der Waals surface area contributed by atoms with Crippen LogP contribution in [0, 0.1) is 17.0 Å². The average Bonchev–Trinajstić information content (AvgIpc) is 3.05. The zero-order valence-corrected chi connectivity index (χ0v) is 18.6. The van der Waals surface area contributed by atoms with E-state index in [2.05, 4.69) is 36.4 Å². The molecule has 3 rings (SSSR count). The molecule has 0 aliphatic carbocycles. The number of hydrogen-bond donors (Lipinski definition) is 2. The first kappa shape index (κ1) is 22.7. The first-order valence-electron chi connectivity index (χ1n) is 10.0. The number of nitro groups is 1. The lowest BCUT2D eigenvalue weighted by atomic mass is 9.87. The van der Waals surface area contributed by atoms with Crippen LogP contribution in [0.3, 0.4) is 0 Å². The smallest absolute Gasteiger partial charge is 0.282 e. The van der Waals surface area contributed by atoms with Gasteiger partial charge in [0.2, 0.25) is 0 Å². The molecular formula is C23H25N5O4. The molecule has 0 bridgehead atoms. The topological polar surface area (TPSA) is 122 Å². The molecule has 0 unspecified atom stereocenters. The van der Waals surface area contributed by atoms with Gasteiger partial charge in [-0.25, -0.2) is 10.1 Å². The van der Waals surface area contributed by atoms with E-state index < -0.39 is 10.8 Å². The third-order valence-electron chi connectivity index (χ3n) is 5.10. The second-order valence-corrected chi connectivity index (χ2v) is 8.46. The highest BCUT2D eigenvalue weighted by Gasteiger charge is 2.20. The molecule has 0 atom stereocenters. The number of para-hydroxylation sites is 1. The summed E-state index contributed by atoms with van der Waals surface area (Å²) >= 11 is 0. The van der Waals surface area contributed by atoms with E-state index in [1.165, 1.54) is 28.9 Å². The van der Waals surface area contributed by atoms with Crippen LogP contribution in [0.1, 0.15) is 54.9 Å². The number of carbonyl (C=O) groups is 1. The van der Waals surface area contributed by atoms with Gasteiger partial charge < -0.3 is 0 Å². The van der Waals surface area contributed by atoms with Gasteiger partial charge >= 0.3 is 0 Å². The van der Waals surface area contributed by atoms with Gasteiger partial charge in [0.25, 0.3) is 17.2 Å². The summed E-state index contributed by atoms with van der Waals surface area (Å²) in [6.07, 6.45) is 0. The predicted octanol–water partition coefficient (Wildman–Crippen LogP) is 3.83. The number of nitrogens with zero attached hydrogens (tertiary/aromatic N) is 3. The summed E-state index contributed by atoms with van der Waals surface area (Å²) < 4.78 is 1.42. The van der Waals surface area contributed by atoms with E-state index in [0.717, 1.165) is 5.56 Å². The fourth-order valence-electron chi connectivity index (χ4n) is 3.34. The number of H-pyrrole nitrogens is 1. The zero-order chi connectivity index (χ0) is 23.6. The predicted molar refractivity (Wildman–Crippen MR) is 123 cm³/mol. The molecule has 0 radical (unpaired) electrons. The number of carbonyl (C=O) groups excluding carboxylic acids is 1. The minimum atomic E-state index is -0.733. The van der Waals surface area contributed by atoms with E-state index in [-0.39, 0.29) is 27.9 Å². The Bertz CT molecular complexity index is 1260. The van der Waals surface area contributed by atoms with Crippen LogP contribution in [0.4, 0.5) is 5.69 Å². The van der Waals surface area contributed by atoms with Crippen molar-refractivity contribution in [2.24, 2.45) is 5.10 Å². The first-order chi connectivity index (χ1) is 15.0. The molecule has 0 aliphatic rings. The molecule has 2 aromatic carbocycles. The number of hydrogen-bond acceptors (Lipinski definition) is 5. The number of rotatable bonds is 5. The van der Waals surface area contributed by atoms with Crippen LogP contribution in [0.25, 0.3) is 5.69 Å². The lowest BCUT2D eigenvalue weighted by molar-refractivity contribution is -0.385. The maximum atomic E-state index is 13.0. The number of hydrazone groups is 1. The maximum Gasteiger partial charge on any atom is 0.282 e. The van der Waals surface area contributed by atoms with Crippen molar-refractivity contribution >= 4 is 17.3 Å². The maximum absolute atomic E-state index is 13.0. The molecule has 166 valence electrons. The van der Waals surface area contributed by atoms with Crippen molar-refractivity contribution < 1.29 is 9.72 Å². The van der Waals surface area contributed by atoms with Crippen LogP contribution in [0.2, 0.25) is 0 Å². The molecule has 2 N–H and O–H groups in total. The van der Waals surface area contributed by atoms with Crippen LogP contribution >= 0.6 is 0 Å². The largest absolute Gasteiger partial charge is 0.295 e. The van der Waals surface area contributed by atoms with Gasteiger partial charge in [0, 0.05) is 11.8 Å². The van der Waals surface area contributed by atoms with E-state index in [4.69, 9.17) is 0 Å². The van der Waals surface area contributed by atoms with Crippen LogP contribution < -0.4 is 11.0 Å². The molecular weight excluding hydrogens is 410 g/mol. The van der Waals surface area contributed by atoms with Crippen molar-refractivity contribution in [2.75, 3.05) is 0 Å². The number of nitrogens with one attached hydrogen (secondary N) is 2. The van der Waals surface area contributed by atoms with E-state index in [9.17, 15) is 19.7 Å². The average molecular weight is 435 g/mol. The summed E-state index contributed by atoms with van der Waals surface area (Å²) in [5.74, 6) is -0.733. The molecule has 0 saturated carbocycles. The van der Waals surface area contributed by atoms with Crippen molar-refractivity contribution in [2.45, 2.75) is 40.0 Å². The zero-order valence-electron chi connectivity index (χ0n) is 18.6. The lowest BCUT2D eigenvalue weighted by Gasteiger charge is -2.19. The monoisotopic (exact) mass is 435 g/mol. The molecule has 32 heavy (non-hydrogen) atoms. The molecule has 1 aromatic heterocycles. The molecule has 9 heteroatoms. The minimum absolute atomic E-state index is 0.00438. The number of amides is 1. The lowest BCUT2D eigenvalue weighted by Crippen LogP contribution is -2.24. The fraction of sp³-hybridized carbons (Fsp3) is 0.261. The fourth-order valence-corrected chi connectivity index (χ4v) is 3.34. The molecule has 1 amide bonds. The van der Waals surface area contributed by atoms with E-state index >= 15 is 0 Å². The molecule has 0 spiro atoms. The first-order valence-corrected chi connectivity index (χ1v) is 10.0. The summed E-state index contributed by atoms with van der Waals surface area (Å²) in [6, 6.07) is 13.3. The van der Waals surface area contributed by atoms with Gasteiger partial charge in [-0.05, 0) is 43.0 Å². The van der Waals surface area contributed by atoms with Gasteiger partial charge in [-0.1, -0.05) is 45.0 Å². The third kappa shape index (κ3) is 4.51. The minimum Gasteiger partial charge on any atom is -0.295 e. The second kappa shape index (κ2) is 8.62. The van der Waals surface area contributed by atoms with Crippen molar-refractivity contribution in [3.8, 4) is 5.69 Å². The van der Waals surface area contributed by atoms with E-state index in [1.807, 2.05) is 24.3 Å². The molecule has 0 fully saturated rings. The Kier molecular flexibility index (Phi) is 6.11. The number of nitro benzene ring substituents is 1. The van der Waals surface area contributed by atoms with Gasteiger partial charge in [0.1, 0.15) is 5.56 Å². The number of benzene rings is 2. The van der Waals surface area contributed by atoms with Crippen molar-refractivity contribution in [3.05, 3.63) is 91.4 Å². The summed E-state index contributed by atoms with van der Waals surface area (Å²) in [6.45, 7) is 9.67. The number of aryl methyl sites for hydroxylation is 1. The van der Waals surface area contributed by atoms with Crippen molar-refractivity contribution in [1.82, 2.24) is 15.2 Å². The molecule has 0 saturated heterocycles. The quantitative estimate of drug-likeness (QED) is 0.359. The van der Waals surface area contributed by atoms with Crippen LogP contribution in [0.5, 0.6) is 0 Å². The highest BCUT2D eigenvalue weighted by Crippen LogP contribution is 2.23. The highest BCUT2D eigenvalue weighted by molar-refractivity contribution is 6.02. The van der Waals surface area contributed by atoms with Crippen molar-refractivity contribution in [1.29, 1.82) is 0 Å². The Morgan fingerprint density at radius 2 is 1.75 bits per heavy atom. The van der Waals surface area contributed by atoms with Gasteiger partial charge in [-0.3, -0.25) is 24.8 Å². The van der Waals surface area contributed by atoms with E-state index in [1.54, 1.807) is 13.8 Å². The summed E-state index contributed by atoms with van der Waals surface area (Å²) in [4.78, 5) is 35.9. The van der Waals surface area contributed by atoms with Gasteiger partial charge in [-0.2, -0.15) is 5.10 Å². The molecule has 3 aromatic rings. The molecule has 1 heterocycles. The van der Waals surface area contributed by atoms with Crippen LogP contribution in [0.15, 0.2) is 58.4 Å². The number of aromatic nitrogens is 2. The van der Waals surface area contributed by atoms with Gasteiger partial charge in [0.05, 0.1) is 21.9 Å². The Morgan fingerprint density at radius 1 is 1.12 bits per heavy atom. The summed E-state index contributed by atoms with van der Waals surface area (Å²) in [5, 5.41) is 18.2. The Balaban J connectivity index is 1.88. The van der Waals surface area contributed by atoms with Crippen molar-refractivity contribution in [3.63, 3.8) is 0 Å². The van der Waals surface area contributed by atoms with Gasteiger partial charge in [-0.15, -0.1) is 0 Å². The van der Waals surface area contributed by atoms with Gasteiger partial charge in [0.15, 0.2) is 0 Å². The van der Waals surface area contributed by atoms with Crippen LogP contribution in [-0.2, 0) is 5.41 Å². The Labute approximate surface area is 184 Å². The standard InChI is InChI=1S/C23H25N5O4/c1-14(24-25-21(29)18-8-6-7-9-19(18)28(31)32)20-15(2)26-27(22(20)30)17-12-10-16(11-13-17)23(3,4)5/h6-13,26H,1-5H3,(H,25,29)/b24-14-. The number of aromatic amines is 1. The second-order valence-electron chi connectivity index (χ2n) is 8.46.